The van der Waals surface area contributed by atoms with Crippen molar-refractivity contribution in [3.63, 3.8) is 0 Å². The highest BCUT2D eigenvalue weighted by Crippen LogP contribution is 2.19. The second kappa shape index (κ2) is 10.5. The van der Waals surface area contributed by atoms with Crippen LogP contribution in [0.25, 0.3) is 0 Å². The lowest BCUT2D eigenvalue weighted by Crippen LogP contribution is -2.49. The topological polar surface area (TPSA) is 73.6 Å². The van der Waals surface area contributed by atoms with Crippen LogP contribution in [0.15, 0.2) is 24.3 Å². The van der Waals surface area contributed by atoms with Gasteiger partial charge in [-0.2, -0.15) is 0 Å². The van der Waals surface area contributed by atoms with Crippen molar-refractivity contribution in [2.75, 3.05) is 19.8 Å². The Morgan fingerprint density at radius 2 is 2.08 bits per heavy atom. The van der Waals surface area contributed by atoms with Gasteiger partial charge in [0.15, 0.2) is 11.6 Å². The summed E-state index contributed by atoms with van der Waals surface area (Å²) in [6.45, 7) is 3.54. The van der Waals surface area contributed by atoms with Crippen molar-refractivity contribution in [1.29, 1.82) is 0 Å². The molecule has 1 aliphatic heterocycles. The molecule has 1 heterocycles. The molecule has 1 amide bonds. The third-order valence-corrected chi connectivity index (χ3v) is 4.17. The van der Waals surface area contributed by atoms with E-state index in [9.17, 15) is 9.18 Å². The van der Waals surface area contributed by atoms with Gasteiger partial charge in [-0.1, -0.05) is 19.1 Å². The van der Waals surface area contributed by atoms with E-state index in [1.807, 2.05) is 6.92 Å². The summed E-state index contributed by atoms with van der Waals surface area (Å²) < 4.78 is 24.5. The fourth-order valence-corrected chi connectivity index (χ4v) is 2.61. The van der Waals surface area contributed by atoms with Crippen molar-refractivity contribution >= 4 is 18.3 Å². The third-order valence-electron chi connectivity index (χ3n) is 4.17. The predicted octanol–water partition coefficient (Wildman–Crippen LogP) is 2.28. The van der Waals surface area contributed by atoms with Gasteiger partial charge in [0.2, 0.25) is 5.91 Å². The number of para-hydroxylation sites is 1. The number of carbonyl (C=O) groups is 1. The van der Waals surface area contributed by atoms with Crippen LogP contribution < -0.4 is 15.8 Å². The molecule has 0 aliphatic carbocycles. The van der Waals surface area contributed by atoms with Gasteiger partial charge in [-0.3, -0.25) is 4.79 Å². The molecule has 3 N–H and O–H groups in total. The molecule has 7 heteroatoms. The molecule has 0 radical (unpaired) electrons. The van der Waals surface area contributed by atoms with Gasteiger partial charge in [-0.05, 0) is 37.3 Å². The SMILES string of the molecule is CCC(CNC(=O)C(N)C1CCOCC1)Oc1ccccc1F.Cl. The summed E-state index contributed by atoms with van der Waals surface area (Å²) in [5.74, 6) is -0.248. The first-order chi connectivity index (χ1) is 11.1. The van der Waals surface area contributed by atoms with Gasteiger partial charge in [-0.25, -0.2) is 4.39 Å². The van der Waals surface area contributed by atoms with Crippen molar-refractivity contribution in [1.82, 2.24) is 5.32 Å². The maximum Gasteiger partial charge on any atom is 0.237 e. The van der Waals surface area contributed by atoms with E-state index in [2.05, 4.69) is 5.32 Å². The normalized spacial score (nSPS) is 17.5. The Bertz CT molecular complexity index is 512. The number of nitrogens with two attached hydrogens (primary N) is 1. The minimum absolute atomic E-state index is 0. The smallest absolute Gasteiger partial charge is 0.237 e. The average molecular weight is 361 g/mol. The molecule has 1 fully saturated rings. The monoisotopic (exact) mass is 360 g/mol. The van der Waals surface area contributed by atoms with E-state index in [1.165, 1.54) is 6.07 Å². The molecule has 0 spiro atoms. The van der Waals surface area contributed by atoms with Gasteiger partial charge in [0.25, 0.3) is 0 Å². The first kappa shape index (κ1) is 20.7. The van der Waals surface area contributed by atoms with Gasteiger partial charge >= 0.3 is 0 Å². The van der Waals surface area contributed by atoms with Crippen molar-refractivity contribution in [3.05, 3.63) is 30.1 Å². The molecule has 1 aromatic carbocycles. The molecule has 2 unspecified atom stereocenters. The lowest BCUT2D eigenvalue weighted by atomic mass is 9.92. The Hall–Kier alpha value is -1.37. The van der Waals surface area contributed by atoms with Gasteiger partial charge in [-0.15, -0.1) is 12.4 Å². The Balaban J connectivity index is 0.00000288. The summed E-state index contributed by atoms with van der Waals surface area (Å²) in [6, 6.07) is 5.71. The summed E-state index contributed by atoms with van der Waals surface area (Å²) in [5.41, 5.74) is 6.03. The summed E-state index contributed by atoms with van der Waals surface area (Å²) in [4.78, 5) is 12.2. The van der Waals surface area contributed by atoms with Crippen LogP contribution in [0.4, 0.5) is 4.39 Å². The number of hydrogen-bond donors (Lipinski definition) is 2. The molecule has 0 bridgehead atoms. The highest BCUT2D eigenvalue weighted by molar-refractivity contribution is 5.85. The largest absolute Gasteiger partial charge is 0.486 e. The van der Waals surface area contributed by atoms with Crippen LogP contribution in [-0.2, 0) is 9.53 Å². The van der Waals surface area contributed by atoms with E-state index in [4.69, 9.17) is 15.2 Å². The number of nitrogens with one attached hydrogen (secondary N) is 1. The molecule has 1 aliphatic rings. The summed E-state index contributed by atoms with van der Waals surface area (Å²) in [7, 11) is 0. The number of benzene rings is 1. The lowest BCUT2D eigenvalue weighted by molar-refractivity contribution is -0.124. The molecule has 136 valence electrons. The molecule has 5 nitrogen and oxygen atoms in total. The zero-order chi connectivity index (χ0) is 16.7. The third kappa shape index (κ3) is 5.92. The van der Waals surface area contributed by atoms with E-state index in [0.29, 0.717) is 26.2 Å². The predicted molar refractivity (Wildman–Crippen MR) is 92.9 cm³/mol. The second-order valence-electron chi connectivity index (χ2n) is 5.80. The van der Waals surface area contributed by atoms with Gasteiger partial charge in [0, 0.05) is 13.2 Å². The van der Waals surface area contributed by atoms with Crippen LogP contribution in [0, 0.1) is 11.7 Å². The molecule has 24 heavy (non-hydrogen) atoms. The Morgan fingerprint density at radius 3 is 2.71 bits per heavy atom. The minimum atomic E-state index is -0.537. The van der Waals surface area contributed by atoms with E-state index >= 15 is 0 Å². The van der Waals surface area contributed by atoms with Crippen LogP contribution in [-0.4, -0.2) is 37.8 Å². The maximum atomic E-state index is 13.6. The molecular formula is C17H26ClFN2O3. The fourth-order valence-electron chi connectivity index (χ4n) is 2.61. The summed E-state index contributed by atoms with van der Waals surface area (Å²) >= 11 is 0. The molecule has 0 aromatic heterocycles. The Morgan fingerprint density at radius 1 is 1.42 bits per heavy atom. The molecule has 1 aromatic rings. The summed E-state index contributed by atoms with van der Waals surface area (Å²) in [6.07, 6.45) is 1.97. The van der Waals surface area contributed by atoms with E-state index < -0.39 is 11.9 Å². The van der Waals surface area contributed by atoms with E-state index in [-0.39, 0.29) is 36.1 Å². The van der Waals surface area contributed by atoms with Crippen LogP contribution in [0.5, 0.6) is 5.75 Å². The minimum Gasteiger partial charge on any atom is -0.486 e. The first-order valence-corrected chi connectivity index (χ1v) is 8.14. The quantitative estimate of drug-likeness (QED) is 0.782. The number of hydrogen-bond acceptors (Lipinski definition) is 4. The van der Waals surface area contributed by atoms with Crippen molar-refractivity contribution in [2.45, 2.75) is 38.3 Å². The first-order valence-electron chi connectivity index (χ1n) is 8.14. The van der Waals surface area contributed by atoms with Crippen molar-refractivity contribution in [3.8, 4) is 5.75 Å². The Kier molecular flexibility index (Phi) is 9.03. The number of rotatable bonds is 7. The highest BCUT2D eigenvalue weighted by atomic mass is 35.5. The number of ether oxygens (including phenoxy) is 2. The van der Waals surface area contributed by atoms with Crippen LogP contribution in [0.2, 0.25) is 0 Å². The summed E-state index contributed by atoms with van der Waals surface area (Å²) in [5, 5.41) is 2.82. The van der Waals surface area contributed by atoms with Crippen LogP contribution in [0.3, 0.4) is 0 Å². The Labute approximate surface area is 148 Å². The van der Waals surface area contributed by atoms with Gasteiger partial charge in [0.05, 0.1) is 12.6 Å². The zero-order valence-electron chi connectivity index (χ0n) is 13.9. The van der Waals surface area contributed by atoms with Crippen LogP contribution in [0.1, 0.15) is 26.2 Å². The highest BCUT2D eigenvalue weighted by Gasteiger charge is 2.26. The van der Waals surface area contributed by atoms with Gasteiger partial charge < -0.3 is 20.5 Å². The van der Waals surface area contributed by atoms with Gasteiger partial charge in [0.1, 0.15) is 6.10 Å². The van der Waals surface area contributed by atoms with Crippen molar-refractivity contribution < 1.29 is 18.7 Å². The van der Waals surface area contributed by atoms with Crippen molar-refractivity contribution in [2.24, 2.45) is 11.7 Å². The van der Waals surface area contributed by atoms with E-state index in [0.717, 1.165) is 12.8 Å². The standard InChI is InChI=1S/C17H25FN2O3.ClH/c1-2-13(23-15-6-4-3-5-14(15)18)11-20-17(21)16(19)12-7-9-22-10-8-12;/h3-6,12-13,16H,2,7-11,19H2,1H3,(H,20,21);1H. The average Bonchev–Trinajstić information content (AvgIpc) is 2.60. The lowest BCUT2D eigenvalue weighted by Gasteiger charge is -2.27. The van der Waals surface area contributed by atoms with Crippen LogP contribution >= 0.6 is 12.4 Å². The zero-order valence-corrected chi connectivity index (χ0v) is 14.7. The number of halogens is 2. The molecule has 2 atom stereocenters. The second-order valence-corrected chi connectivity index (χ2v) is 5.80. The van der Waals surface area contributed by atoms with E-state index in [1.54, 1.807) is 18.2 Å². The maximum absolute atomic E-state index is 13.6. The fraction of sp³-hybridized carbons (Fsp3) is 0.588. The number of carbonyl (C=O) groups excluding carboxylic acids is 1. The molecule has 0 saturated carbocycles. The number of amides is 1. The molecule has 2 rings (SSSR count). The molecule has 1 saturated heterocycles. The molecular weight excluding hydrogens is 335 g/mol.